The molecule has 140 valence electrons. The first-order valence-electron chi connectivity index (χ1n) is 9.53. The predicted octanol–water partition coefficient (Wildman–Crippen LogP) is 6.38. The molecule has 0 amide bonds. The molecule has 0 saturated heterocycles. The van der Waals surface area contributed by atoms with Crippen molar-refractivity contribution < 1.29 is 0 Å². The van der Waals surface area contributed by atoms with Crippen molar-refractivity contribution in [3.8, 4) is 0 Å². The molecule has 0 bridgehead atoms. The summed E-state index contributed by atoms with van der Waals surface area (Å²) < 4.78 is 1.07. The summed E-state index contributed by atoms with van der Waals surface area (Å²) in [6.07, 6.45) is 5.78. The number of amidine groups is 1. The van der Waals surface area contributed by atoms with Gasteiger partial charge in [-0.05, 0) is 90.2 Å². The monoisotopic (exact) mass is 441 g/mol. The highest BCUT2D eigenvalue weighted by atomic mass is 79.9. The SMILES string of the molecule is Cc1cccc(NC2=NC(=S)N(c3ccc(C)cc3Br)C23CCCCC3)c1. The Kier molecular flexibility index (Phi) is 5.08. The molecule has 3 nitrogen and oxygen atoms in total. The van der Waals surface area contributed by atoms with Crippen molar-refractivity contribution in [2.45, 2.75) is 51.5 Å². The quantitative estimate of drug-likeness (QED) is 0.547. The number of thiocarbonyl (C=S) groups is 1. The van der Waals surface area contributed by atoms with Crippen LogP contribution in [0.2, 0.25) is 0 Å². The normalized spacial score (nSPS) is 18.7. The Morgan fingerprint density at radius 1 is 1.04 bits per heavy atom. The van der Waals surface area contributed by atoms with Gasteiger partial charge in [-0.1, -0.05) is 37.5 Å². The van der Waals surface area contributed by atoms with Crippen LogP contribution in [0, 0.1) is 13.8 Å². The van der Waals surface area contributed by atoms with E-state index in [-0.39, 0.29) is 5.54 Å². The molecule has 1 fully saturated rings. The third-order valence-corrected chi connectivity index (χ3v) is 6.48. The van der Waals surface area contributed by atoms with Gasteiger partial charge < -0.3 is 10.2 Å². The number of nitrogens with zero attached hydrogens (tertiary/aromatic N) is 2. The maximum atomic E-state index is 5.77. The van der Waals surface area contributed by atoms with Crippen LogP contribution in [0.1, 0.15) is 43.2 Å². The van der Waals surface area contributed by atoms with E-state index in [0.717, 1.165) is 34.5 Å². The van der Waals surface area contributed by atoms with E-state index in [0.29, 0.717) is 5.11 Å². The number of halogens is 1. The molecule has 0 atom stereocenters. The number of hydrogen-bond donors (Lipinski definition) is 1. The summed E-state index contributed by atoms with van der Waals surface area (Å²) in [5.41, 5.74) is 4.46. The highest BCUT2D eigenvalue weighted by Crippen LogP contribution is 2.44. The molecule has 1 heterocycles. The van der Waals surface area contributed by atoms with Crippen molar-refractivity contribution in [2.75, 3.05) is 10.2 Å². The zero-order valence-electron chi connectivity index (χ0n) is 15.8. The van der Waals surface area contributed by atoms with Gasteiger partial charge in [0.1, 0.15) is 11.4 Å². The lowest BCUT2D eigenvalue weighted by atomic mass is 9.79. The van der Waals surface area contributed by atoms with Gasteiger partial charge in [0.15, 0.2) is 0 Å². The number of hydrogen-bond acceptors (Lipinski definition) is 2. The molecule has 1 saturated carbocycles. The number of anilines is 2. The minimum atomic E-state index is -0.184. The predicted molar refractivity (Wildman–Crippen MR) is 122 cm³/mol. The van der Waals surface area contributed by atoms with Crippen LogP contribution in [-0.4, -0.2) is 16.5 Å². The van der Waals surface area contributed by atoms with E-state index in [1.807, 2.05) is 0 Å². The van der Waals surface area contributed by atoms with Gasteiger partial charge in [-0.3, -0.25) is 0 Å². The summed E-state index contributed by atoms with van der Waals surface area (Å²) in [7, 11) is 0. The van der Waals surface area contributed by atoms with Gasteiger partial charge in [0.05, 0.1) is 5.69 Å². The molecule has 27 heavy (non-hydrogen) atoms. The van der Waals surface area contributed by atoms with Crippen molar-refractivity contribution in [3.05, 3.63) is 58.1 Å². The Bertz CT molecular complexity index is 916. The van der Waals surface area contributed by atoms with Crippen LogP contribution in [0.25, 0.3) is 0 Å². The van der Waals surface area contributed by atoms with Crippen molar-refractivity contribution in [1.29, 1.82) is 0 Å². The van der Waals surface area contributed by atoms with Crippen molar-refractivity contribution >= 4 is 50.5 Å². The number of rotatable bonds is 2. The Morgan fingerprint density at radius 2 is 1.78 bits per heavy atom. The fourth-order valence-electron chi connectivity index (χ4n) is 4.27. The van der Waals surface area contributed by atoms with Gasteiger partial charge in [-0.2, -0.15) is 0 Å². The van der Waals surface area contributed by atoms with E-state index in [1.54, 1.807) is 0 Å². The van der Waals surface area contributed by atoms with Gasteiger partial charge in [0.25, 0.3) is 0 Å². The summed E-state index contributed by atoms with van der Waals surface area (Å²) >= 11 is 9.52. The molecule has 1 aliphatic carbocycles. The minimum absolute atomic E-state index is 0.184. The molecule has 1 aliphatic heterocycles. The van der Waals surface area contributed by atoms with Crippen molar-refractivity contribution in [1.82, 2.24) is 0 Å². The van der Waals surface area contributed by atoms with Crippen LogP contribution in [0.4, 0.5) is 11.4 Å². The Balaban J connectivity index is 1.76. The third-order valence-electron chi connectivity index (χ3n) is 5.57. The summed E-state index contributed by atoms with van der Waals surface area (Å²) in [4.78, 5) is 7.13. The second-order valence-corrected chi connectivity index (χ2v) is 8.84. The fourth-order valence-corrected chi connectivity index (χ4v) is 5.30. The maximum Gasteiger partial charge on any atom is 0.202 e. The fraction of sp³-hybridized carbons (Fsp3) is 0.364. The van der Waals surface area contributed by atoms with Crippen molar-refractivity contribution in [3.63, 3.8) is 0 Å². The Labute approximate surface area is 175 Å². The third kappa shape index (κ3) is 3.43. The van der Waals surface area contributed by atoms with Gasteiger partial charge in [-0.25, -0.2) is 4.99 Å². The molecule has 2 aromatic carbocycles. The summed E-state index contributed by atoms with van der Waals surface area (Å²) in [5.74, 6) is 0.991. The summed E-state index contributed by atoms with van der Waals surface area (Å²) in [6.45, 7) is 4.22. The van der Waals surface area contributed by atoms with Gasteiger partial charge in [-0.15, -0.1) is 0 Å². The number of aliphatic imine (C=N–C) groups is 1. The minimum Gasteiger partial charge on any atom is -0.342 e. The van der Waals surface area contributed by atoms with E-state index < -0.39 is 0 Å². The first-order chi connectivity index (χ1) is 13.0. The smallest absolute Gasteiger partial charge is 0.202 e. The van der Waals surface area contributed by atoms with Crippen LogP contribution in [-0.2, 0) is 0 Å². The zero-order chi connectivity index (χ0) is 19.0. The summed E-state index contributed by atoms with van der Waals surface area (Å²) in [5, 5.41) is 4.26. The van der Waals surface area contributed by atoms with E-state index >= 15 is 0 Å². The van der Waals surface area contributed by atoms with Crippen molar-refractivity contribution in [2.24, 2.45) is 4.99 Å². The average Bonchev–Trinajstić information content (AvgIpc) is 2.87. The molecule has 1 spiro atoms. The molecule has 5 heteroatoms. The van der Waals surface area contributed by atoms with Crippen LogP contribution in [0.5, 0.6) is 0 Å². The lowest BCUT2D eigenvalue weighted by Gasteiger charge is -2.43. The summed E-state index contributed by atoms with van der Waals surface area (Å²) in [6, 6.07) is 14.9. The van der Waals surface area contributed by atoms with Gasteiger partial charge >= 0.3 is 0 Å². The van der Waals surface area contributed by atoms with E-state index in [9.17, 15) is 0 Å². The molecular weight excluding hydrogens is 418 g/mol. The lowest BCUT2D eigenvalue weighted by molar-refractivity contribution is 0.386. The van der Waals surface area contributed by atoms with Crippen LogP contribution < -0.4 is 10.2 Å². The largest absolute Gasteiger partial charge is 0.342 e. The maximum absolute atomic E-state index is 5.77. The van der Waals surface area contributed by atoms with Crippen LogP contribution in [0.3, 0.4) is 0 Å². The second-order valence-electron chi connectivity index (χ2n) is 7.62. The highest BCUT2D eigenvalue weighted by Gasteiger charge is 2.49. The molecule has 4 rings (SSSR count). The second kappa shape index (κ2) is 7.36. The highest BCUT2D eigenvalue weighted by molar-refractivity contribution is 9.10. The lowest BCUT2D eigenvalue weighted by Crippen LogP contribution is -2.55. The zero-order valence-corrected chi connectivity index (χ0v) is 18.2. The topological polar surface area (TPSA) is 27.6 Å². The standard InChI is InChI=1S/C22H24BrN3S/c1-15-7-6-8-17(13-15)24-20-22(11-4-3-5-12-22)26(21(27)25-20)19-10-9-16(2)14-18(19)23/h6-10,13-14H,3-5,11-12H2,1-2H3,(H,24,25,27). The molecule has 0 unspecified atom stereocenters. The van der Waals surface area contributed by atoms with E-state index in [4.69, 9.17) is 17.2 Å². The molecule has 2 aliphatic rings. The number of nitrogens with one attached hydrogen (secondary N) is 1. The van der Waals surface area contributed by atoms with Gasteiger partial charge in [0.2, 0.25) is 5.11 Å². The molecule has 0 aromatic heterocycles. The number of benzene rings is 2. The van der Waals surface area contributed by atoms with Gasteiger partial charge in [0, 0.05) is 10.2 Å². The molecule has 1 N–H and O–H groups in total. The Hall–Kier alpha value is -1.72. The first kappa shape index (κ1) is 18.6. The molecular formula is C22H24BrN3S. The Morgan fingerprint density at radius 3 is 2.48 bits per heavy atom. The molecule has 2 aromatic rings. The van der Waals surface area contributed by atoms with E-state index in [1.165, 1.54) is 30.4 Å². The molecule has 0 radical (unpaired) electrons. The first-order valence-corrected chi connectivity index (χ1v) is 10.7. The van der Waals surface area contributed by atoms with Crippen LogP contribution in [0.15, 0.2) is 51.9 Å². The van der Waals surface area contributed by atoms with E-state index in [2.05, 4.69) is 82.5 Å². The average molecular weight is 442 g/mol. The van der Waals surface area contributed by atoms with Crippen LogP contribution >= 0.6 is 28.1 Å². The number of aryl methyl sites for hydroxylation is 2.